The van der Waals surface area contributed by atoms with E-state index in [1.165, 1.54) is 7.11 Å². The highest BCUT2D eigenvalue weighted by Gasteiger charge is 2.11. The Hall–Kier alpha value is -0.280. The molecule has 1 N–H and O–H groups in total. The van der Waals surface area contributed by atoms with Gasteiger partial charge in [-0.1, -0.05) is 5.16 Å². The van der Waals surface area contributed by atoms with Crippen LogP contribution in [-0.4, -0.2) is 18.9 Å². The number of hydrogen-bond donors (Lipinski definition) is 1. The Bertz CT molecular complexity index is 103. The van der Waals surface area contributed by atoms with Gasteiger partial charge in [-0.15, -0.1) is 0 Å². The van der Waals surface area contributed by atoms with Crippen LogP contribution in [0.1, 0.15) is 13.8 Å². The third-order valence-electron chi connectivity index (χ3n) is 0.724. The second-order valence-electron chi connectivity index (χ2n) is 2.23. The van der Waals surface area contributed by atoms with Crippen LogP contribution in [0.25, 0.3) is 0 Å². The topological polar surface area (TPSA) is 33.6 Å². The zero-order chi connectivity index (χ0) is 7.33. The van der Waals surface area contributed by atoms with E-state index in [0.717, 1.165) is 0 Å². The molecule has 54 valence electrons. The quantitative estimate of drug-likeness (QED) is 0.372. The smallest absolute Gasteiger partial charge is 0.106 e. The Morgan fingerprint density at radius 2 is 2.22 bits per heavy atom. The van der Waals surface area contributed by atoms with E-state index >= 15 is 0 Å². The molecule has 0 rings (SSSR count). The molecule has 0 aromatic heterocycles. The molecule has 0 aromatic rings. The van der Waals surface area contributed by atoms with Crippen molar-refractivity contribution in [3.8, 4) is 0 Å². The summed E-state index contributed by atoms with van der Waals surface area (Å²) in [5, 5.41) is 3.54. The molecule has 0 aliphatic rings. The average molecular weight is 151 g/mol. The minimum absolute atomic E-state index is 0.308. The molecule has 0 radical (unpaired) electrons. The fourth-order valence-corrected chi connectivity index (χ4v) is 0.258. The summed E-state index contributed by atoms with van der Waals surface area (Å²) in [7, 11) is 1.49. The summed E-state index contributed by atoms with van der Waals surface area (Å²) in [5.41, 5.74) is -0.308. The van der Waals surface area contributed by atoms with E-state index in [0.29, 0.717) is 0 Å². The lowest BCUT2D eigenvalue weighted by Crippen LogP contribution is -2.34. The Morgan fingerprint density at radius 1 is 1.67 bits per heavy atom. The van der Waals surface area contributed by atoms with Crippen molar-refractivity contribution >= 4 is 18.0 Å². The number of halogens is 1. The first-order valence-corrected chi connectivity index (χ1v) is 2.95. The summed E-state index contributed by atoms with van der Waals surface area (Å²) < 4.78 is 0. The van der Waals surface area contributed by atoms with Gasteiger partial charge in [0.2, 0.25) is 0 Å². The van der Waals surface area contributed by atoms with E-state index in [1.54, 1.807) is 6.21 Å². The second kappa shape index (κ2) is 3.69. The molecule has 0 aliphatic carbocycles. The minimum atomic E-state index is -0.308. The number of oxime groups is 1. The average Bonchev–Trinajstić information content (AvgIpc) is 1.84. The van der Waals surface area contributed by atoms with Crippen molar-refractivity contribution in [2.75, 3.05) is 7.11 Å². The summed E-state index contributed by atoms with van der Waals surface area (Å²) in [6.07, 6.45) is 1.58. The molecule has 0 aliphatic heterocycles. The fraction of sp³-hybridized carbons (Fsp3) is 0.800. The molecule has 0 saturated heterocycles. The fourth-order valence-electron chi connectivity index (χ4n) is 0.209. The van der Waals surface area contributed by atoms with Crippen molar-refractivity contribution in [1.82, 2.24) is 4.84 Å². The number of nitrogens with zero attached hydrogens (tertiary/aromatic N) is 1. The molecular weight excluding hydrogens is 140 g/mol. The molecule has 0 bridgehead atoms. The molecule has 4 heteroatoms. The third-order valence-corrected chi connectivity index (χ3v) is 1.21. The molecule has 9 heavy (non-hydrogen) atoms. The zero-order valence-electron chi connectivity index (χ0n) is 5.81. The standard InChI is InChI=1S/C5H11ClN2O/c1-5(2,8-6)4-7-9-3/h4,8H,1-3H3. The first-order chi connectivity index (χ1) is 4.12. The van der Waals surface area contributed by atoms with Crippen LogP contribution in [-0.2, 0) is 4.84 Å². The van der Waals surface area contributed by atoms with E-state index in [4.69, 9.17) is 11.8 Å². The van der Waals surface area contributed by atoms with E-state index in [9.17, 15) is 0 Å². The highest BCUT2D eigenvalue weighted by atomic mass is 35.5. The van der Waals surface area contributed by atoms with Gasteiger partial charge in [-0.05, 0) is 25.6 Å². The van der Waals surface area contributed by atoms with Crippen molar-refractivity contribution in [3.05, 3.63) is 0 Å². The van der Waals surface area contributed by atoms with Crippen LogP contribution >= 0.6 is 11.8 Å². The lowest BCUT2D eigenvalue weighted by molar-refractivity contribution is 0.213. The summed E-state index contributed by atoms with van der Waals surface area (Å²) >= 11 is 5.33. The second-order valence-corrected chi connectivity index (χ2v) is 2.42. The van der Waals surface area contributed by atoms with Crippen molar-refractivity contribution in [3.63, 3.8) is 0 Å². The molecule has 0 aromatic carbocycles. The van der Waals surface area contributed by atoms with E-state index in [2.05, 4.69) is 14.8 Å². The van der Waals surface area contributed by atoms with Crippen LogP contribution in [0.15, 0.2) is 5.16 Å². The number of nitrogens with one attached hydrogen (secondary N) is 1. The SMILES string of the molecule is CON=CC(C)(C)NCl. The van der Waals surface area contributed by atoms with Gasteiger partial charge < -0.3 is 4.84 Å². The molecule has 0 heterocycles. The van der Waals surface area contributed by atoms with Crippen molar-refractivity contribution in [2.24, 2.45) is 5.16 Å². The van der Waals surface area contributed by atoms with Crippen molar-refractivity contribution in [1.29, 1.82) is 0 Å². The van der Waals surface area contributed by atoms with E-state index in [-0.39, 0.29) is 5.54 Å². The lowest BCUT2D eigenvalue weighted by Gasteiger charge is -2.14. The maximum Gasteiger partial charge on any atom is 0.106 e. The first kappa shape index (κ1) is 8.72. The van der Waals surface area contributed by atoms with Gasteiger partial charge in [0.15, 0.2) is 0 Å². The Labute approximate surface area is 60.1 Å². The molecule has 0 fully saturated rings. The van der Waals surface area contributed by atoms with Crippen molar-refractivity contribution in [2.45, 2.75) is 19.4 Å². The predicted octanol–water partition coefficient (Wildman–Crippen LogP) is 1.14. The van der Waals surface area contributed by atoms with Crippen LogP contribution in [0.3, 0.4) is 0 Å². The molecule has 3 nitrogen and oxygen atoms in total. The first-order valence-electron chi connectivity index (χ1n) is 2.58. The van der Waals surface area contributed by atoms with Gasteiger partial charge in [-0.3, -0.25) is 0 Å². The molecule has 0 atom stereocenters. The number of hydrogen-bond acceptors (Lipinski definition) is 3. The van der Waals surface area contributed by atoms with E-state index < -0.39 is 0 Å². The van der Waals surface area contributed by atoms with Gasteiger partial charge in [0.1, 0.15) is 7.11 Å². The highest BCUT2D eigenvalue weighted by molar-refractivity contribution is 6.15. The van der Waals surface area contributed by atoms with Crippen LogP contribution in [0.2, 0.25) is 0 Å². The van der Waals surface area contributed by atoms with Crippen LogP contribution in [0.5, 0.6) is 0 Å². The summed E-state index contributed by atoms with van der Waals surface area (Å²) in [5.74, 6) is 0. The molecular formula is C5H11ClN2O. The molecule has 0 saturated carbocycles. The number of rotatable bonds is 3. The van der Waals surface area contributed by atoms with Gasteiger partial charge in [-0.2, -0.15) is 0 Å². The Balaban J connectivity index is 3.70. The maximum absolute atomic E-state index is 5.33. The van der Waals surface area contributed by atoms with Gasteiger partial charge in [0.25, 0.3) is 0 Å². The normalized spacial score (nSPS) is 12.4. The summed E-state index contributed by atoms with van der Waals surface area (Å²) in [4.78, 5) is 6.97. The monoisotopic (exact) mass is 150 g/mol. The Morgan fingerprint density at radius 3 is 2.56 bits per heavy atom. The molecule has 0 spiro atoms. The minimum Gasteiger partial charge on any atom is -0.399 e. The van der Waals surface area contributed by atoms with Gasteiger partial charge in [0.05, 0.1) is 11.8 Å². The van der Waals surface area contributed by atoms with Crippen LogP contribution < -0.4 is 4.84 Å². The highest BCUT2D eigenvalue weighted by Crippen LogP contribution is 1.97. The molecule has 0 unspecified atom stereocenters. The van der Waals surface area contributed by atoms with Gasteiger partial charge in [-0.25, -0.2) is 4.84 Å². The zero-order valence-corrected chi connectivity index (χ0v) is 6.57. The lowest BCUT2D eigenvalue weighted by atomic mass is 10.1. The van der Waals surface area contributed by atoms with Gasteiger partial charge in [0, 0.05) is 0 Å². The summed E-state index contributed by atoms with van der Waals surface area (Å²) in [6.45, 7) is 3.76. The maximum atomic E-state index is 5.33. The summed E-state index contributed by atoms with van der Waals surface area (Å²) in [6, 6.07) is 0. The van der Waals surface area contributed by atoms with Crippen LogP contribution in [0.4, 0.5) is 0 Å². The molecule has 0 amide bonds. The largest absolute Gasteiger partial charge is 0.399 e. The van der Waals surface area contributed by atoms with Crippen LogP contribution in [0, 0.1) is 0 Å². The Kier molecular flexibility index (Phi) is 3.58. The van der Waals surface area contributed by atoms with Crippen molar-refractivity contribution < 1.29 is 4.84 Å². The van der Waals surface area contributed by atoms with Gasteiger partial charge >= 0.3 is 0 Å². The predicted molar refractivity (Wildman–Crippen MR) is 38.6 cm³/mol. The van der Waals surface area contributed by atoms with E-state index in [1.807, 2.05) is 13.8 Å². The third kappa shape index (κ3) is 4.24.